The van der Waals surface area contributed by atoms with Crippen LogP contribution in [0.15, 0.2) is 76.2 Å². The number of rotatable bonds is 5. The SMILES string of the molecule is O=C(N/N=C\c1ccc(-c2ccccc2F)o1)[C@@H]1C[C@H]1c1ccccc1. The van der Waals surface area contributed by atoms with Gasteiger partial charge in [-0.15, -0.1) is 0 Å². The largest absolute Gasteiger partial charge is 0.455 e. The molecule has 2 aromatic carbocycles. The fourth-order valence-corrected chi connectivity index (χ4v) is 3.02. The van der Waals surface area contributed by atoms with E-state index in [9.17, 15) is 9.18 Å². The summed E-state index contributed by atoms with van der Waals surface area (Å²) in [5.74, 6) is 0.638. The van der Waals surface area contributed by atoms with E-state index >= 15 is 0 Å². The Labute approximate surface area is 150 Å². The molecule has 4 rings (SSSR count). The molecule has 0 bridgehead atoms. The summed E-state index contributed by atoms with van der Waals surface area (Å²) >= 11 is 0. The number of hydrazone groups is 1. The molecule has 1 heterocycles. The molecular weight excluding hydrogens is 331 g/mol. The Kier molecular flexibility index (Phi) is 4.35. The van der Waals surface area contributed by atoms with E-state index in [4.69, 9.17) is 4.42 Å². The summed E-state index contributed by atoms with van der Waals surface area (Å²) in [4.78, 5) is 12.1. The van der Waals surface area contributed by atoms with Crippen LogP contribution in [0.1, 0.15) is 23.7 Å². The molecule has 130 valence electrons. The molecule has 1 amide bonds. The molecule has 0 unspecified atom stereocenters. The van der Waals surface area contributed by atoms with Crippen LogP contribution in [0.3, 0.4) is 0 Å². The second kappa shape index (κ2) is 6.96. The van der Waals surface area contributed by atoms with E-state index in [1.165, 1.54) is 17.8 Å². The van der Waals surface area contributed by atoms with Crippen LogP contribution in [0.25, 0.3) is 11.3 Å². The number of amides is 1. The Morgan fingerprint density at radius 3 is 2.65 bits per heavy atom. The zero-order chi connectivity index (χ0) is 17.9. The molecule has 1 aliphatic carbocycles. The molecular formula is C21H17FN2O2. The van der Waals surface area contributed by atoms with E-state index in [0.717, 1.165) is 6.42 Å². The molecule has 2 atom stereocenters. The highest BCUT2D eigenvalue weighted by atomic mass is 19.1. The van der Waals surface area contributed by atoms with Crippen molar-refractivity contribution in [2.24, 2.45) is 11.0 Å². The maximum absolute atomic E-state index is 13.8. The lowest BCUT2D eigenvalue weighted by molar-refractivity contribution is -0.122. The summed E-state index contributed by atoms with van der Waals surface area (Å²) in [5.41, 5.74) is 4.12. The first kappa shape index (κ1) is 16.3. The van der Waals surface area contributed by atoms with E-state index in [-0.39, 0.29) is 23.6 Å². The fourth-order valence-electron chi connectivity index (χ4n) is 3.02. The molecule has 1 N–H and O–H groups in total. The molecule has 0 saturated heterocycles. The lowest BCUT2D eigenvalue weighted by atomic mass is 10.1. The summed E-state index contributed by atoms with van der Waals surface area (Å²) in [5, 5.41) is 3.95. The van der Waals surface area contributed by atoms with Crippen molar-refractivity contribution in [2.75, 3.05) is 0 Å². The van der Waals surface area contributed by atoms with Crippen LogP contribution in [0.2, 0.25) is 0 Å². The number of nitrogens with zero attached hydrogens (tertiary/aromatic N) is 1. The maximum atomic E-state index is 13.8. The molecule has 3 aromatic rings. The Hall–Kier alpha value is -3.21. The van der Waals surface area contributed by atoms with Gasteiger partial charge >= 0.3 is 0 Å². The lowest BCUT2D eigenvalue weighted by Crippen LogP contribution is -2.20. The predicted octanol–water partition coefficient (Wildman–Crippen LogP) is 4.34. The number of halogens is 1. The fraction of sp³-hybridized carbons (Fsp3) is 0.143. The third kappa shape index (κ3) is 3.42. The number of nitrogens with one attached hydrogen (secondary N) is 1. The predicted molar refractivity (Wildman–Crippen MR) is 97.1 cm³/mol. The first-order chi connectivity index (χ1) is 12.7. The molecule has 1 aliphatic rings. The van der Waals surface area contributed by atoms with Gasteiger partial charge in [0.1, 0.15) is 17.3 Å². The molecule has 5 heteroatoms. The molecule has 1 aromatic heterocycles. The molecule has 0 radical (unpaired) electrons. The van der Waals surface area contributed by atoms with Crippen molar-refractivity contribution in [3.63, 3.8) is 0 Å². The third-order valence-corrected chi connectivity index (χ3v) is 4.49. The zero-order valence-electron chi connectivity index (χ0n) is 13.9. The minimum absolute atomic E-state index is 0.0415. The van der Waals surface area contributed by atoms with Gasteiger partial charge in [0.2, 0.25) is 5.91 Å². The Morgan fingerprint density at radius 2 is 1.85 bits per heavy atom. The standard InChI is InChI=1S/C21H17FN2O2/c22-19-9-5-4-8-16(19)20-11-10-15(26-20)13-23-24-21(25)18-12-17(18)14-6-2-1-3-7-14/h1-11,13,17-18H,12H2,(H,24,25)/b23-13-/t17-,18+/m0/s1. The van der Waals surface area contributed by atoms with Gasteiger partial charge < -0.3 is 4.42 Å². The first-order valence-corrected chi connectivity index (χ1v) is 8.45. The monoisotopic (exact) mass is 348 g/mol. The highest BCUT2D eigenvalue weighted by Gasteiger charge is 2.43. The van der Waals surface area contributed by atoms with Crippen molar-refractivity contribution in [1.29, 1.82) is 0 Å². The topological polar surface area (TPSA) is 54.6 Å². The number of carbonyl (C=O) groups excluding carboxylic acids is 1. The summed E-state index contributed by atoms with van der Waals surface area (Å²) < 4.78 is 19.3. The average molecular weight is 348 g/mol. The van der Waals surface area contributed by atoms with Gasteiger partial charge in [0.05, 0.1) is 11.8 Å². The number of hydrogen-bond acceptors (Lipinski definition) is 3. The van der Waals surface area contributed by atoms with Crippen LogP contribution in [-0.4, -0.2) is 12.1 Å². The number of furan rings is 1. The van der Waals surface area contributed by atoms with Crippen LogP contribution in [0.5, 0.6) is 0 Å². The van der Waals surface area contributed by atoms with E-state index in [1.54, 1.807) is 30.3 Å². The highest BCUT2D eigenvalue weighted by Crippen LogP contribution is 2.47. The minimum Gasteiger partial charge on any atom is -0.455 e. The summed E-state index contributed by atoms with van der Waals surface area (Å²) in [7, 11) is 0. The van der Waals surface area contributed by atoms with Gasteiger partial charge in [-0.2, -0.15) is 5.10 Å². The van der Waals surface area contributed by atoms with Gasteiger partial charge in [-0.3, -0.25) is 4.79 Å². The third-order valence-electron chi connectivity index (χ3n) is 4.49. The van der Waals surface area contributed by atoms with Crippen molar-refractivity contribution in [3.8, 4) is 11.3 Å². The number of benzene rings is 2. The minimum atomic E-state index is -0.348. The van der Waals surface area contributed by atoms with E-state index < -0.39 is 0 Å². The van der Waals surface area contributed by atoms with Crippen LogP contribution in [-0.2, 0) is 4.79 Å². The van der Waals surface area contributed by atoms with E-state index in [2.05, 4.69) is 10.5 Å². The highest BCUT2D eigenvalue weighted by molar-refractivity contribution is 5.85. The maximum Gasteiger partial charge on any atom is 0.243 e. The molecule has 0 aliphatic heterocycles. The van der Waals surface area contributed by atoms with E-state index in [1.807, 2.05) is 30.3 Å². The molecule has 26 heavy (non-hydrogen) atoms. The van der Waals surface area contributed by atoms with Gasteiger partial charge in [0.15, 0.2) is 0 Å². The lowest BCUT2D eigenvalue weighted by Gasteiger charge is -1.99. The summed E-state index contributed by atoms with van der Waals surface area (Å²) in [6.07, 6.45) is 2.26. The molecule has 1 fully saturated rings. The average Bonchev–Trinajstić information content (AvgIpc) is 3.35. The van der Waals surface area contributed by atoms with Crippen LogP contribution >= 0.6 is 0 Å². The van der Waals surface area contributed by atoms with Gasteiger partial charge in [-0.1, -0.05) is 42.5 Å². The van der Waals surface area contributed by atoms with Crippen LogP contribution in [0, 0.1) is 11.7 Å². The second-order valence-electron chi connectivity index (χ2n) is 6.28. The quantitative estimate of drug-likeness (QED) is 0.551. The van der Waals surface area contributed by atoms with E-state index in [0.29, 0.717) is 17.1 Å². The van der Waals surface area contributed by atoms with Crippen molar-refractivity contribution >= 4 is 12.1 Å². The summed E-state index contributed by atoms with van der Waals surface area (Å²) in [6, 6.07) is 19.7. The normalized spacial score (nSPS) is 18.8. The van der Waals surface area contributed by atoms with Crippen molar-refractivity contribution in [3.05, 3.63) is 83.9 Å². The molecule has 1 saturated carbocycles. The van der Waals surface area contributed by atoms with Crippen molar-refractivity contribution in [2.45, 2.75) is 12.3 Å². The number of carbonyl (C=O) groups is 1. The first-order valence-electron chi connectivity index (χ1n) is 8.45. The molecule has 4 nitrogen and oxygen atoms in total. The van der Waals surface area contributed by atoms with Gasteiger partial charge in [0, 0.05) is 5.92 Å². The van der Waals surface area contributed by atoms with Gasteiger partial charge in [-0.25, -0.2) is 9.82 Å². The zero-order valence-corrected chi connectivity index (χ0v) is 13.9. The Morgan fingerprint density at radius 1 is 1.08 bits per heavy atom. The Balaban J connectivity index is 1.35. The van der Waals surface area contributed by atoms with Crippen molar-refractivity contribution < 1.29 is 13.6 Å². The smallest absolute Gasteiger partial charge is 0.243 e. The van der Waals surface area contributed by atoms with Crippen LogP contribution < -0.4 is 5.43 Å². The van der Waals surface area contributed by atoms with Crippen molar-refractivity contribution in [1.82, 2.24) is 5.43 Å². The van der Waals surface area contributed by atoms with Gasteiger partial charge in [-0.05, 0) is 42.2 Å². The molecule has 0 spiro atoms. The summed E-state index contributed by atoms with van der Waals surface area (Å²) in [6.45, 7) is 0. The second-order valence-corrected chi connectivity index (χ2v) is 6.28. The Bertz CT molecular complexity index is 949. The van der Waals surface area contributed by atoms with Crippen LogP contribution in [0.4, 0.5) is 4.39 Å². The number of hydrogen-bond donors (Lipinski definition) is 1. The van der Waals surface area contributed by atoms with Gasteiger partial charge in [0.25, 0.3) is 0 Å².